The predicted octanol–water partition coefficient (Wildman–Crippen LogP) is 0.928. The Morgan fingerprint density at radius 2 is 1.19 bits per heavy atom. The van der Waals surface area contributed by atoms with Gasteiger partial charge in [0.1, 0.15) is 16.7 Å². The number of H-pyrrole nitrogens is 1. The standard InChI is InChI=1S/2C10H13F3N2O2.C7H7F3N2O2.C3H7I.CH2O3.B.2K.H/c1-4-17-9(16)7-5-15(6(2)3)14-8(7)10(11,12)13;1-4-17-9(16)7-5-14-15(6(2)3)8(7)10(11,12)13;1-2-14-6(13)4-3-11-12-5(4)7(8,9)10;1-3(2)4;2-1-4-3;;;;/h2*5-6H,4H2,1-3H3;3H,2H2,1H3,(H,11,12);3H,1-2H3;1,3H;;;;/q;;;;;;2*+1;-1/p-1. The van der Waals surface area contributed by atoms with Crippen molar-refractivity contribution in [2.75, 3.05) is 19.8 Å². The van der Waals surface area contributed by atoms with E-state index < -0.39 is 76.3 Å². The fraction of sp³-hybridized carbons (Fsp3) is 0.581. The quantitative estimate of drug-likeness (QED) is 0.0368. The van der Waals surface area contributed by atoms with Crippen molar-refractivity contribution in [1.29, 1.82) is 0 Å². The first-order valence-electron chi connectivity index (χ1n) is 16.0. The fourth-order valence-corrected chi connectivity index (χ4v) is 3.48. The molecule has 0 saturated carbocycles. The molecule has 1 N–H and O–H groups in total. The summed E-state index contributed by atoms with van der Waals surface area (Å²) in [5.74, 6) is -3.05. The number of carbonyl (C=O) groups is 4. The number of nitrogens with one attached hydrogen (secondary N) is 1. The first-order chi connectivity index (χ1) is 25.7. The number of halogens is 10. The van der Waals surface area contributed by atoms with Gasteiger partial charge in [0.05, 0.1) is 32.2 Å². The maximum absolute atomic E-state index is 12.8. The second-order valence-corrected chi connectivity index (χ2v) is 13.4. The van der Waals surface area contributed by atoms with E-state index in [-0.39, 0.29) is 145 Å². The smallest absolute Gasteiger partial charge is 1.00 e. The van der Waals surface area contributed by atoms with Crippen LogP contribution in [0, 0.1) is 0 Å². The minimum Gasteiger partial charge on any atom is -1.00 e. The van der Waals surface area contributed by atoms with Crippen molar-refractivity contribution in [1.82, 2.24) is 29.8 Å². The van der Waals surface area contributed by atoms with Crippen molar-refractivity contribution in [2.45, 2.75) is 96.9 Å². The zero-order valence-corrected chi connectivity index (χ0v) is 42.3. The first kappa shape index (κ1) is 67.0. The average Bonchev–Trinajstić information content (AvgIpc) is 3.84. The van der Waals surface area contributed by atoms with Crippen molar-refractivity contribution in [2.24, 2.45) is 0 Å². The molecule has 0 fully saturated rings. The maximum atomic E-state index is 12.8. The second kappa shape index (κ2) is 32.6. The van der Waals surface area contributed by atoms with Crippen LogP contribution in [-0.4, -0.2) is 86.3 Å². The largest absolute Gasteiger partial charge is 1.00 e. The van der Waals surface area contributed by atoms with Gasteiger partial charge < -0.3 is 25.8 Å². The molecule has 3 radical (unpaired) electrons. The first-order valence-corrected chi connectivity index (χ1v) is 17.2. The molecule has 325 valence electrons. The molecule has 0 aliphatic rings. The van der Waals surface area contributed by atoms with Gasteiger partial charge >= 0.3 is 139 Å². The van der Waals surface area contributed by atoms with Crippen LogP contribution in [-0.2, 0) is 42.4 Å². The fourth-order valence-electron chi connectivity index (χ4n) is 3.48. The van der Waals surface area contributed by atoms with Crippen molar-refractivity contribution in [3.63, 3.8) is 0 Å². The Bertz CT molecular complexity index is 1640. The van der Waals surface area contributed by atoms with Gasteiger partial charge in [0, 0.05) is 30.6 Å². The third-order valence-corrected chi connectivity index (χ3v) is 5.53. The van der Waals surface area contributed by atoms with Crippen molar-refractivity contribution in [3.8, 4) is 0 Å². The molecule has 0 unspecified atom stereocenters. The van der Waals surface area contributed by atoms with E-state index >= 15 is 0 Å². The van der Waals surface area contributed by atoms with Gasteiger partial charge in [-0.2, -0.15) is 54.8 Å². The summed E-state index contributed by atoms with van der Waals surface area (Å²) in [6.45, 7) is 15.2. The number of aromatic nitrogens is 6. The molecule has 59 heavy (non-hydrogen) atoms. The summed E-state index contributed by atoms with van der Waals surface area (Å²) in [4.78, 5) is 45.0. The van der Waals surface area contributed by atoms with Gasteiger partial charge in [0.25, 0.3) is 6.47 Å². The van der Waals surface area contributed by atoms with E-state index in [0.29, 0.717) is 0 Å². The van der Waals surface area contributed by atoms with E-state index in [1.807, 2.05) is 0 Å². The van der Waals surface area contributed by atoms with E-state index in [1.54, 1.807) is 32.8 Å². The summed E-state index contributed by atoms with van der Waals surface area (Å²) in [7, 11) is 0. The van der Waals surface area contributed by atoms with Gasteiger partial charge in [0.15, 0.2) is 17.1 Å². The molecule has 0 aliphatic heterocycles. The number of alkyl halides is 10. The van der Waals surface area contributed by atoms with Crippen LogP contribution < -0.4 is 108 Å². The molecule has 0 saturated heterocycles. The Labute approximate surface area is 435 Å². The number of hydrogen-bond donors (Lipinski definition) is 1. The zero-order chi connectivity index (χ0) is 44.2. The molecule has 3 aromatic heterocycles. The summed E-state index contributed by atoms with van der Waals surface area (Å²) >= 11 is 2.34. The molecule has 15 nitrogen and oxygen atoms in total. The molecule has 0 aliphatic carbocycles. The molecule has 0 atom stereocenters. The Morgan fingerprint density at radius 1 is 0.780 bits per heavy atom. The van der Waals surface area contributed by atoms with Gasteiger partial charge in [0.2, 0.25) is 0 Å². The Morgan fingerprint density at radius 3 is 1.51 bits per heavy atom. The van der Waals surface area contributed by atoms with E-state index in [9.17, 15) is 53.9 Å². The van der Waals surface area contributed by atoms with E-state index in [4.69, 9.17) is 10.1 Å². The van der Waals surface area contributed by atoms with Gasteiger partial charge in [-0.25, -0.2) is 14.4 Å². The molecule has 3 rings (SSSR count). The summed E-state index contributed by atoms with van der Waals surface area (Å²) in [6, 6.07) is -0.755. The number of rotatable bonds is 9. The van der Waals surface area contributed by atoms with Crippen molar-refractivity contribution in [3.05, 3.63) is 52.4 Å². The Balaban J connectivity index is -0.000000162. The predicted molar refractivity (Wildman–Crippen MR) is 190 cm³/mol. The average molecular weight is 1030 g/mol. The van der Waals surface area contributed by atoms with Crippen LogP contribution in [0.4, 0.5) is 39.5 Å². The van der Waals surface area contributed by atoms with Crippen molar-refractivity contribution >= 4 is 55.4 Å². The molecule has 0 bridgehead atoms. The third kappa shape index (κ3) is 25.6. The molecular formula is C31H42BF9IK2N6O9. The summed E-state index contributed by atoms with van der Waals surface area (Å²) < 4.78 is 129. The van der Waals surface area contributed by atoms with E-state index in [1.165, 1.54) is 20.8 Å². The zero-order valence-electron chi connectivity index (χ0n) is 34.9. The van der Waals surface area contributed by atoms with Crippen molar-refractivity contribution < 1.29 is 187 Å². The number of aromatic amines is 1. The van der Waals surface area contributed by atoms with Crippen LogP contribution in [0.25, 0.3) is 0 Å². The monoisotopic (exact) mass is 1030 g/mol. The van der Waals surface area contributed by atoms with E-state index in [0.717, 1.165) is 31.9 Å². The van der Waals surface area contributed by atoms with Crippen LogP contribution in [0.1, 0.15) is 124 Å². The number of hydrogen-bond acceptors (Lipinski definition) is 12. The SMILES string of the molecule is CC(C)I.CCOC(=O)c1cn(C(C)C)nc1C(F)(F)F.CCOC(=O)c1cn[nH]c1C(F)(F)F.CCOC(=O)c1cnn(C(C)C)c1C(F)(F)F.O=CO[O-].[B].[H-].[K+].[K+]. The number of carbonyl (C=O) groups excluding carboxylic acids is 4. The van der Waals surface area contributed by atoms with Gasteiger partial charge in [-0.1, -0.05) is 36.4 Å². The van der Waals surface area contributed by atoms with Gasteiger partial charge in [-0.05, 0) is 48.5 Å². The number of nitrogens with zero attached hydrogens (tertiary/aromatic N) is 5. The second-order valence-electron chi connectivity index (χ2n) is 10.9. The molecule has 0 amide bonds. The van der Waals surface area contributed by atoms with Crippen LogP contribution >= 0.6 is 22.6 Å². The number of esters is 3. The Kier molecular flexibility index (Phi) is 37.0. The molecule has 3 heterocycles. The molecule has 3 aromatic rings. The van der Waals surface area contributed by atoms with Crippen LogP contribution in [0.15, 0.2) is 18.6 Å². The summed E-state index contributed by atoms with van der Waals surface area (Å²) in [5, 5.41) is 20.2. The summed E-state index contributed by atoms with van der Waals surface area (Å²) in [6.07, 6.45) is -11.2. The molecule has 0 spiro atoms. The number of ether oxygens (including phenoxy) is 3. The van der Waals surface area contributed by atoms with E-state index in [2.05, 4.69) is 70.8 Å². The third-order valence-electron chi connectivity index (χ3n) is 5.53. The normalized spacial score (nSPS) is 10.6. The molecule has 0 aromatic carbocycles. The summed E-state index contributed by atoms with van der Waals surface area (Å²) in [5.41, 5.74) is -5.15. The molecular weight excluding hydrogens is 987 g/mol. The van der Waals surface area contributed by atoms with Crippen LogP contribution in [0.5, 0.6) is 0 Å². The maximum Gasteiger partial charge on any atom is 1.00 e. The van der Waals surface area contributed by atoms with Crippen LogP contribution in [0.2, 0.25) is 0 Å². The van der Waals surface area contributed by atoms with Gasteiger partial charge in [-0.3, -0.25) is 19.3 Å². The van der Waals surface area contributed by atoms with Crippen LogP contribution in [0.3, 0.4) is 0 Å². The minimum absolute atomic E-state index is 0. The topological polar surface area (TPSA) is 193 Å². The minimum atomic E-state index is -4.66. The Hall–Kier alpha value is -1.09. The van der Waals surface area contributed by atoms with Gasteiger partial charge in [-0.15, -0.1) is 0 Å². The molecule has 28 heteroatoms.